The minimum atomic E-state index is -0.176. The minimum absolute atomic E-state index is 0.0606. The fraction of sp³-hybridized carbons (Fsp3) is 0.500. The predicted molar refractivity (Wildman–Crippen MR) is 61.3 cm³/mol. The van der Waals surface area contributed by atoms with Crippen LogP contribution in [0.1, 0.15) is 18.5 Å². The van der Waals surface area contributed by atoms with Crippen molar-refractivity contribution < 1.29 is 9.59 Å². The molecule has 0 saturated carbocycles. The lowest BCUT2D eigenvalue weighted by Gasteiger charge is -2.13. The molecule has 0 unspecified atom stereocenters. The molecule has 5 nitrogen and oxygen atoms in total. The highest BCUT2D eigenvalue weighted by Crippen LogP contribution is 2.15. The van der Waals surface area contributed by atoms with Crippen LogP contribution in [0.4, 0.5) is 5.13 Å². The van der Waals surface area contributed by atoms with Gasteiger partial charge in [-0.15, -0.1) is 11.3 Å². The van der Waals surface area contributed by atoms with Crippen LogP contribution in [0.2, 0.25) is 0 Å². The highest BCUT2D eigenvalue weighted by molar-refractivity contribution is 7.13. The van der Waals surface area contributed by atoms with Crippen molar-refractivity contribution in [3.63, 3.8) is 0 Å². The van der Waals surface area contributed by atoms with Gasteiger partial charge in [0.1, 0.15) is 0 Å². The minimum Gasteiger partial charge on any atom is -0.333 e. The largest absolute Gasteiger partial charge is 0.333 e. The monoisotopic (exact) mass is 239 g/mol. The van der Waals surface area contributed by atoms with Gasteiger partial charge in [0.15, 0.2) is 5.13 Å². The summed E-state index contributed by atoms with van der Waals surface area (Å²) in [5.41, 5.74) is 0.887. The van der Waals surface area contributed by atoms with E-state index in [0.717, 1.165) is 12.1 Å². The summed E-state index contributed by atoms with van der Waals surface area (Å²) in [6.07, 6.45) is 1.41. The van der Waals surface area contributed by atoms with Crippen molar-refractivity contribution in [1.82, 2.24) is 9.88 Å². The summed E-state index contributed by atoms with van der Waals surface area (Å²) in [6, 6.07) is 0. The number of nitrogens with one attached hydrogen (secondary N) is 1. The Morgan fingerprint density at radius 1 is 1.69 bits per heavy atom. The summed E-state index contributed by atoms with van der Waals surface area (Å²) in [6.45, 7) is 2.69. The van der Waals surface area contributed by atoms with Gasteiger partial charge >= 0.3 is 0 Å². The molecule has 1 aromatic rings. The molecule has 2 amide bonds. The first-order chi connectivity index (χ1) is 7.65. The van der Waals surface area contributed by atoms with Crippen LogP contribution in [0.15, 0.2) is 5.38 Å². The van der Waals surface area contributed by atoms with Crippen LogP contribution in [-0.2, 0) is 9.59 Å². The second-order valence-corrected chi connectivity index (χ2v) is 4.62. The lowest BCUT2D eigenvalue weighted by molar-refractivity contribution is -0.131. The van der Waals surface area contributed by atoms with Crippen molar-refractivity contribution in [2.45, 2.75) is 19.8 Å². The second kappa shape index (κ2) is 4.61. The molecule has 1 fully saturated rings. The lowest BCUT2D eigenvalue weighted by atomic mass is 10.4. The first-order valence-corrected chi connectivity index (χ1v) is 6.03. The zero-order valence-electron chi connectivity index (χ0n) is 9.02. The molecule has 2 rings (SSSR count). The highest BCUT2D eigenvalue weighted by atomic mass is 32.1. The van der Waals surface area contributed by atoms with Crippen molar-refractivity contribution in [3.8, 4) is 0 Å². The average molecular weight is 239 g/mol. The number of hydrogen-bond acceptors (Lipinski definition) is 4. The standard InChI is InChI=1S/C10H13N3O2S/c1-7-6-16-10(11-7)12-8(14)5-13-4-2-3-9(13)15/h6H,2-5H2,1H3,(H,11,12,14). The van der Waals surface area contributed by atoms with E-state index < -0.39 is 0 Å². The van der Waals surface area contributed by atoms with Gasteiger partial charge in [0.2, 0.25) is 11.8 Å². The van der Waals surface area contributed by atoms with Crippen molar-refractivity contribution in [1.29, 1.82) is 0 Å². The fourth-order valence-corrected chi connectivity index (χ4v) is 2.32. The van der Waals surface area contributed by atoms with E-state index in [9.17, 15) is 9.59 Å². The van der Waals surface area contributed by atoms with Gasteiger partial charge in [0.25, 0.3) is 0 Å². The van der Waals surface area contributed by atoms with Crippen LogP contribution < -0.4 is 5.32 Å². The molecule has 0 aromatic carbocycles. The third-order valence-corrected chi connectivity index (χ3v) is 3.25. The van der Waals surface area contributed by atoms with Crippen LogP contribution in [0.25, 0.3) is 0 Å². The van der Waals surface area contributed by atoms with Gasteiger partial charge in [-0.2, -0.15) is 0 Å². The lowest BCUT2D eigenvalue weighted by Crippen LogP contribution is -2.33. The van der Waals surface area contributed by atoms with Crippen LogP contribution in [-0.4, -0.2) is 34.8 Å². The molecule has 2 heterocycles. The first kappa shape index (κ1) is 11.1. The Morgan fingerprint density at radius 2 is 2.50 bits per heavy atom. The molecule has 0 aliphatic carbocycles. The maximum atomic E-state index is 11.6. The fourth-order valence-electron chi connectivity index (χ4n) is 1.61. The smallest absolute Gasteiger partial charge is 0.245 e. The molecule has 1 aliphatic heterocycles. The Morgan fingerprint density at radius 3 is 3.06 bits per heavy atom. The molecule has 0 bridgehead atoms. The van der Waals surface area contributed by atoms with Gasteiger partial charge in [0, 0.05) is 18.3 Å². The summed E-state index contributed by atoms with van der Waals surface area (Å²) in [7, 11) is 0. The number of carbonyl (C=O) groups is 2. The summed E-state index contributed by atoms with van der Waals surface area (Å²) >= 11 is 1.39. The Bertz CT molecular complexity index is 416. The molecule has 1 N–H and O–H groups in total. The van der Waals surface area contributed by atoms with E-state index in [1.165, 1.54) is 11.3 Å². The van der Waals surface area contributed by atoms with Gasteiger partial charge in [-0.25, -0.2) is 4.98 Å². The SMILES string of the molecule is Cc1csc(NC(=O)CN2CCCC2=O)n1. The topological polar surface area (TPSA) is 62.3 Å². The molecule has 0 atom stereocenters. The maximum Gasteiger partial charge on any atom is 0.245 e. The Labute approximate surface area is 97.5 Å². The molecule has 0 radical (unpaired) electrons. The normalized spacial score (nSPS) is 15.6. The van der Waals surface area contributed by atoms with E-state index in [4.69, 9.17) is 0 Å². The van der Waals surface area contributed by atoms with Crippen LogP contribution in [0, 0.1) is 6.92 Å². The van der Waals surface area contributed by atoms with Crippen molar-refractivity contribution in [2.24, 2.45) is 0 Å². The average Bonchev–Trinajstić information content (AvgIpc) is 2.77. The van der Waals surface area contributed by atoms with E-state index in [0.29, 0.717) is 18.1 Å². The van der Waals surface area contributed by atoms with Crippen LogP contribution in [0.5, 0.6) is 0 Å². The molecule has 86 valence electrons. The zero-order chi connectivity index (χ0) is 11.5. The van der Waals surface area contributed by atoms with Crippen molar-refractivity contribution in [2.75, 3.05) is 18.4 Å². The van der Waals surface area contributed by atoms with Crippen LogP contribution >= 0.6 is 11.3 Å². The van der Waals surface area contributed by atoms with Crippen LogP contribution in [0.3, 0.4) is 0 Å². The Hall–Kier alpha value is -1.43. The number of rotatable bonds is 3. The van der Waals surface area contributed by atoms with E-state index in [2.05, 4.69) is 10.3 Å². The molecule has 1 aromatic heterocycles. The molecular formula is C10H13N3O2S. The van der Waals surface area contributed by atoms with E-state index >= 15 is 0 Å². The van der Waals surface area contributed by atoms with Gasteiger partial charge in [0.05, 0.1) is 12.2 Å². The number of thiazole rings is 1. The number of aromatic nitrogens is 1. The second-order valence-electron chi connectivity index (χ2n) is 3.76. The quantitative estimate of drug-likeness (QED) is 0.856. The number of anilines is 1. The number of nitrogens with zero attached hydrogens (tertiary/aromatic N) is 2. The summed E-state index contributed by atoms with van der Waals surface area (Å²) in [5.74, 6) is -0.116. The third-order valence-electron chi connectivity index (χ3n) is 2.37. The summed E-state index contributed by atoms with van der Waals surface area (Å²) < 4.78 is 0. The Balaban J connectivity index is 1.86. The Kier molecular flexibility index (Phi) is 3.19. The van der Waals surface area contributed by atoms with Crippen molar-refractivity contribution in [3.05, 3.63) is 11.1 Å². The number of carbonyl (C=O) groups excluding carboxylic acids is 2. The number of aryl methyl sites for hydroxylation is 1. The summed E-state index contributed by atoms with van der Waals surface area (Å²) in [4.78, 5) is 28.6. The van der Waals surface area contributed by atoms with E-state index in [-0.39, 0.29) is 18.4 Å². The molecule has 6 heteroatoms. The van der Waals surface area contributed by atoms with Gasteiger partial charge in [-0.05, 0) is 13.3 Å². The van der Waals surface area contributed by atoms with E-state index in [1.807, 2.05) is 12.3 Å². The van der Waals surface area contributed by atoms with Crippen molar-refractivity contribution >= 4 is 28.3 Å². The first-order valence-electron chi connectivity index (χ1n) is 5.15. The number of amides is 2. The molecule has 0 spiro atoms. The van der Waals surface area contributed by atoms with E-state index in [1.54, 1.807) is 4.90 Å². The molecule has 1 aliphatic rings. The predicted octanol–water partition coefficient (Wildman–Crippen LogP) is 1.01. The van der Waals surface area contributed by atoms with Gasteiger partial charge < -0.3 is 10.2 Å². The third kappa shape index (κ3) is 2.57. The maximum absolute atomic E-state index is 11.6. The number of likely N-dealkylation sites (tertiary alicyclic amines) is 1. The van der Waals surface area contributed by atoms with Gasteiger partial charge in [-0.1, -0.05) is 0 Å². The molecule has 16 heavy (non-hydrogen) atoms. The number of hydrogen-bond donors (Lipinski definition) is 1. The highest BCUT2D eigenvalue weighted by Gasteiger charge is 2.22. The molecular weight excluding hydrogens is 226 g/mol. The summed E-state index contributed by atoms with van der Waals surface area (Å²) in [5, 5.41) is 5.15. The molecule has 1 saturated heterocycles. The zero-order valence-corrected chi connectivity index (χ0v) is 9.84. The van der Waals surface area contributed by atoms with Gasteiger partial charge in [-0.3, -0.25) is 9.59 Å².